The number of hydrogen-bond acceptors (Lipinski definition) is 5. The van der Waals surface area contributed by atoms with Gasteiger partial charge in [0.1, 0.15) is 6.04 Å². The highest BCUT2D eigenvalue weighted by Crippen LogP contribution is 2.33. The molecule has 0 N–H and O–H groups in total. The molecule has 2 aromatic rings. The summed E-state index contributed by atoms with van der Waals surface area (Å²) in [5, 5.41) is -0.475. The van der Waals surface area contributed by atoms with Crippen LogP contribution in [0.4, 0.5) is 4.79 Å². The second kappa shape index (κ2) is 6.98. The number of esters is 1. The van der Waals surface area contributed by atoms with Crippen molar-refractivity contribution in [3.8, 4) is 5.69 Å². The van der Waals surface area contributed by atoms with E-state index in [1.54, 1.807) is 6.08 Å². The largest absolute Gasteiger partial charge is 0.467 e. The van der Waals surface area contributed by atoms with Crippen LogP contribution in [0.15, 0.2) is 53.7 Å². The van der Waals surface area contributed by atoms with Gasteiger partial charge in [-0.15, -0.1) is 0 Å². The first kappa shape index (κ1) is 17.0. The van der Waals surface area contributed by atoms with Crippen LogP contribution in [0.5, 0.6) is 0 Å². The minimum absolute atomic E-state index is 0.284. The van der Waals surface area contributed by atoms with Crippen LogP contribution in [0.2, 0.25) is 0 Å². The van der Waals surface area contributed by atoms with E-state index >= 15 is 0 Å². The van der Waals surface area contributed by atoms with E-state index in [1.165, 1.54) is 14.0 Å². The van der Waals surface area contributed by atoms with Crippen LogP contribution < -0.4 is 0 Å². The molecule has 0 aliphatic carbocycles. The molecule has 0 spiro atoms. The summed E-state index contributed by atoms with van der Waals surface area (Å²) in [6.07, 6.45) is 5.39. The number of imide groups is 1. The number of methoxy groups -OCH3 is 1. The molecule has 128 valence electrons. The first-order valence-electron chi connectivity index (χ1n) is 7.59. The molecule has 0 bridgehead atoms. The standard InChI is InChI=1S/C18H16N2O4S/c1-12(17(22)24-2)20-16(21)15(25-18(20)23)10-13-8-9-19(11-13)14-6-4-3-5-7-14/h3-12H,1-2H3/b15-10-. The second-order valence-electron chi connectivity index (χ2n) is 5.44. The molecule has 0 saturated carbocycles. The molecule has 1 aromatic carbocycles. The Kier molecular flexibility index (Phi) is 4.76. The number of carbonyl (C=O) groups is 3. The fourth-order valence-corrected chi connectivity index (χ4v) is 3.41. The summed E-state index contributed by atoms with van der Waals surface area (Å²) in [7, 11) is 1.22. The maximum atomic E-state index is 12.5. The Hall–Kier alpha value is -2.80. The van der Waals surface area contributed by atoms with Crippen LogP contribution in [0.1, 0.15) is 12.5 Å². The quantitative estimate of drug-likeness (QED) is 0.622. The van der Waals surface area contributed by atoms with Gasteiger partial charge >= 0.3 is 5.97 Å². The van der Waals surface area contributed by atoms with E-state index in [0.717, 1.165) is 27.9 Å². The smallest absolute Gasteiger partial charge is 0.328 e. The number of para-hydroxylation sites is 1. The zero-order valence-corrected chi connectivity index (χ0v) is 14.5. The molecule has 1 saturated heterocycles. The Bertz CT molecular complexity index is 857. The highest BCUT2D eigenvalue weighted by molar-refractivity contribution is 8.18. The van der Waals surface area contributed by atoms with Gasteiger partial charge in [0.15, 0.2) is 0 Å². The van der Waals surface area contributed by atoms with Gasteiger partial charge in [0, 0.05) is 18.1 Å². The first-order valence-corrected chi connectivity index (χ1v) is 8.41. The minimum Gasteiger partial charge on any atom is -0.467 e. The molecule has 3 rings (SSSR count). The van der Waals surface area contributed by atoms with Gasteiger partial charge in [0.25, 0.3) is 11.1 Å². The molecular weight excluding hydrogens is 340 g/mol. The Morgan fingerprint density at radius 2 is 1.92 bits per heavy atom. The van der Waals surface area contributed by atoms with Gasteiger partial charge in [0.2, 0.25) is 0 Å². The monoisotopic (exact) mass is 356 g/mol. The molecule has 1 aromatic heterocycles. The normalized spacial score (nSPS) is 17.2. The fraction of sp³-hybridized carbons (Fsp3) is 0.167. The van der Waals surface area contributed by atoms with Crippen LogP contribution in [0, 0.1) is 0 Å². The zero-order valence-electron chi connectivity index (χ0n) is 13.7. The Morgan fingerprint density at radius 1 is 1.20 bits per heavy atom. The highest BCUT2D eigenvalue weighted by Gasteiger charge is 2.41. The summed E-state index contributed by atoms with van der Waals surface area (Å²) >= 11 is 0.819. The number of carbonyl (C=O) groups excluding carboxylic acids is 3. The van der Waals surface area contributed by atoms with E-state index in [-0.39, 0.29) is 4.91 Å². The molecule has 1 unspecified atom stereocenters. The predicted molar refractivity (Wildman–Crippen MR) is 95.1 cm³/mol. The van der Waals surface area contributed by atoms with E-state index in [0.29, 0.717) is 0 Å². The lowest BCUT2D eigenvalue weighted by molar-refractivity contribution is -0.148. The summed E-state index contributed by atoms with van der Waals surface area (Å²) in [4.78, 5) is 37.4. The van der Waals surface area contributed by atoms with Gasteiger partial charge in [0.05, 0.1) is 12.0 Å². The molecule has 2 amide bonds. The van der Waals surface area contributed by atoms with Crippen molar-refractivity contribution in [1.82, 2.24) is 9.47 Å². The van der Waals surface area contributed by atoms with E-state index in [9.17, 15) is 14.4 Å². The number of benzene rings is 1. The number of amides is 2. The SMILES string of the molecule is COC(=O)C(C)N1C(=O)S/C(=C\c2ccn(-c3ccccc3)c2)C1=O. The highest BCUT2D eigenvalue weighted by atomic mass is 32.2. The maximum Gasteiger partial charge on any atom is 0.328 e. The summed E-state index contributed by atoms with van der Waals surface area (Å²) in [5.74, 6) is -1.11. The Morgan fingerprint density at radius 3 is 2.60 bits per heavy atom. The van der Waals surface area contributed by atoms with Crippen molar-refractivity contribution in [1.29, 1.82) is 0 Å². The van der Waals surface area contributed by atoms with Gasteiger partial charge in [-0.3, -0.25) is 14.5 Å². The molecule has 1 atom stereocenters. The van der Waals surface area contributed by atoms with E-state index in [2.05, 4.69) is 4.74 Å². The second-order valence-corrected chi connectivity index (χ2v) is 6.43. The average molecular weight is 356 g/mol. The van der Waals surface area contributed by atoms with E-state index in [1.807, 2.05) is 53.4 Å². The van der Waals surface area contributed by atoms with Crippen molar-refractivity contribution < 1.29 is 19.1 Å². The van der Waals surface area contributed by atoms with E-state index < -0.39 is 23.2 Å². The first-order chi connectivity index (χ1) is 12.0. The molecule has 1 aliphatic heterocycles. The third-order valence-corrected chi connectivity index (χ3v) is 4.70. The van der Waals surface area contributed by atoms with Crippen LogP contribution in [-0.2, 0) is 14.3 Å². The lowest BCUT2D eigenvalue weighted by Crippen LogP contribution is -2.42. The van der Waals surface area contributed by atoms with Crippen LogP contribution in [-0.4, -0.2) is 39.7 Å². The maximum absolute atomic E-state index is 12.5. The zero-order chi connectivity index (χ0) is 18.0. The van der Waals surface area contributed by atoms with Crippen molar-refractivity contribution in [3.05, 3.63) is 59.3 Å². The van der Waals surface area contributed by atoms with Gasteiger partial charge in [-0.1, -0.05) is 18.2 Å². The molecule has 6 nitrogen and oxygen atoms in total. The van der Waals surface area contributed by atoms with Crippen LogP contribution in [0.25, 0.3) is 11.8 Å². The number of rotatable bonds is 4. The van der Waals surface area contributed by atoms with Crippen molar-refractivity contribution in [2.45, 2.75) is 13.0 Å². The molecule has 1 aliphatic rings. The van der Waals surface area contributed by atoms with Crippen molar-refractivity contribution in [3.63, 3.8) is 0 Å². The third kappa shape index (κ3) is 3.36. The summed E-state index contributed by atoms with van der Waals surface area (Å²) in [6, 6.07) is 10.7. The van der Waals surface area contributed by atoms with Gasteiger partial charge < -0.3 is 9.30 Å². The van der Waals surface area contributed by atoms with Gasteiger partial charge in [-0.25, -0.2) is 4.79 Å². The Labute approximate surface area is 149 Å². The predicted octanol–water partition coefficient (Wildman–Crippen LogP) is 3.08. The molecule has 0 radical (unpaired) electrons. The third-order valence-electron chi connectivity index (χ3n) is 3.82. The van der Waals surface area contributed by atoms with Gasteiger partial charge in [-0.2, -0.15) is 0 Å². The lowest BCUT2D eigenvalue weighted by Gasteiger charge is -2.18. The Balaban J connectivity index is 1.83. The number of thioether (sulfide) groups is 1. The summed E-state index contributed by atoms with van der Waals surface area (Å²) in [5.41, 5.74) is 1.79. The fourth-order valence-electron chi connectivity index (χ4n) is 2.50. The lowest BCUT2D eigenvalue weighted by atomic mass is 10.2. The van der Waals surface area contributed by atoms with Gasteiger partial charge in [-0.05, 0) is 48.5 Å². The molecule has 2 heterocycles. The molecular formula is C18H16N2O4S. The summed E-state index contributed by atoms with van der Waals surface area (Å²) < 4.78 is 6.53. The number of aromatic nitrogens is 1. The van der Waals surface area contributed by atoms with Crippen LogP contribution >= 0.6 is 11.8 Å². The van der Waals surface area contributed by atoms with E-state index in [4.69, 9.17) is 0 Å². The number of hydrogen-bond donors (Lipinski definition) is 0. The van der Waals surface area contributed by atoms with Crippen LogP contribution in [0.3, 0.4) is 0 Å². The number of ether oxygens (including phenoxy) is 1. The molecule has 7 heteroatoms. The van der Waals surface area contributed by atoms with Crippen molar-refractivity contribution in [2.24, 2.45) is 0 Å². The average Bonchev–Trinajstić information content (AvgIpc) is 3.19. The number of nitrogens with zero attached hydrogens (tertiary/aromatic N) is 2. The molecule has 25 heavy (non-hydrogen) atoms. The van der Waals surface area contributed by atoms with Crippen molar-refractivity contribution in [2.75, 3.05) is 7.11 Å². The minimum atomic E-state index is -0.947. The molecule has 1 fully saturated rings. The summed E-state index contributed by atoms with van der Waals surface area (Å²) in [6.45, 7) is 1.47. The van der Waals surface area contributed by atoms with Crippen molar-refractivity contribution >= 4 is 35.0 Å². The topological polar surface area (TPSA) is 68.6 Å².